The molecule has 98 valence electrons. The van der Waals surface area contributed by atoms with Gasteiger partial charge in [0.1, 0.15) is 18.5 Å². The lowest BCUT2D eigenvalue weighted by molar-refractivity contribution is 0.0762. The van der Waals surface area contributed by atoms with Crippen LogP contribution in [0.3, 0.4) is 0 Å². The van der Waals surface area contributed by atoms with E-state index in [0.29, 0.717) is 5.57 Å². The molecule has 0 radical (unpaired) electrons. The van der Waals surface area contributed by atoms with Crippen molar-refractivity contribution in [1.82, 2.24) is 0 Å². The second kappa shape index (κ2) is 8.15. The summed E-state index contributed by atoms with van der Waals surface area (Å²) in [4.78, 5) is 0. The first-order chi connectivity index (χ1) is 7.93. The van der Waals surface area contributed by atoms with Gasteiger partial charge in [-0.05, 0) is 19.4 Å². The highest BCUT2D eigenvalue weighted by Crippen LogP contribution is 2.24. The van der Waals surface area contributed by atoms with Crippen LogP contribution in [0.15, 0.2) is 36.5 Å². The lowest BCUT2D eigenvalue weighted by Gasteiger charge is -2.21. The van der Waals surface area contributed by atoms with Gasteiger partial charge < -0.3 is 0 Å². The van der Waals surface area contributed by atoms with Gasteiger partial charge in [-0.25, -0.2) is 13.2 Å². The molecule has 0 aliphatic heterocycles. The van der Waals surface area contributed by atoms with E-state index in [9.17, 15) is 13.2 Å². The Morgan fingerprint density at radius 3 is 2.24 bits per heavy atom. The number of hydrogen-bond acceptors (Lipinski definition) is 0. The van der Waals surface area contributed by atoms with Crippen molar-refractivity contribution in [3.63, 3.8) is 0 Å². The Bertz CT molecular complexity index is 279. The predicted octanol–water partition coefficient (Wildman–Crippen LogP) is 4.74. The molecular weight excluding hydrogens is 225 g/mol. The van der Waals surface area contributed by atoms with Crippen molar-refractivity contribution in [2.45, 2.75) is 45.7 Å². The van der Waals surface area contributed by atoms with Crippen LogP contribution in [0.2, 0.25) is 0 Å². The quantitative estimate of drug-likeness (QED) is 0.569. The van der Waals surface area contributed by atoms with E-state index in [2.05, 4.69) is 6.58 Å². The van der Waals surface area contributed by atoms with E-state index < -0.39 is 24.4 Å². The van der Waals surface area contributed by atoms with Crippen LogP contribution in [0.5, 0.6) is 0 Å². The highest BCUT2D eigenvalue weighted by molar-refractivity contribution is 5.21. The third kappa shape index (κ3) is 5.76. The summed E-state index contributed by atoms with van der Waals surface area (Å²) in [7, 11) is 0. The van der Waals surface area contributed by atoms with Gasteiger partial charge in [0.25, 0.3) is 0 Å². The first-order valence-corrected chi connectivity index (χ1v) is 5.80. The van der Waals surface area contributed by atoms with Gasteiger partial charge >= 0.3 is 0 Å². The van der Waals surface area contributed by atoms with Gasteiger partial charge in [-0.3, -0.25) is 0 Å². The Balaban J connectivity index is 4.46. The summed E-state index contributed by atoms with van der Waals surface area (Å²) < 4.78 is 40.1. The van der Waals surface area contributed by atoms with Crippen molar-refractivity contribution in [3.8, 4) is 0 Å². The summed E-state index contributed by atoms with van der Waals surface area (Å²) in [5.41, 5.74) is 0.679. The van der Waals surface area contributed by atoms with Crippen LogP contribution < -0.4 is 0 Å². The van der Waals surface area contributed by atoms with Crippen molar-refractivity contribution in [2.75, 3.05) is 0 Å². The lowest BCUT2D eigenvalue weighted by Crippen LogP contribution is -2.30. The molecule has 0 bridgehead atoms. The highest BCUT2D eigenvalue weighted by Gasteiger charge is 2.30. The molecule has 0 N–H and O–H groups in total. The maximum absolute atomic E-state index is 13.6. The molecule has 0 amide bonds. The Kier molecular flexibility index (Phi) is 7.68. The van der Waals surface area contributed by atoms with Crippen LogP contribution in [0.4, 0.5) is 13.2 Å². The van der Waals surface area contributed by atoms with Crippen LogP contribution >= 0.6 is 0 Å². The monoisotopic (exact) mass is 246 g/mol. The maximum Gasteiger partial charge on any atom is 0.137 e. The molecule has 0 saturated heterocycles. The minimum atomic E-state index is -1.78. The van der Waals surface area contributed by atoms with Gasteiger partial charge in [-0.15, -0.1) is 0 Å². The molecule has 0 rings (SSSR count). The van der Waals surface area contributed by atoms with Crippen molar-refractivity contribution in [1.29, 1.82) is 0 Å². The van der Waals surface area contributed by atoms with E-state index in [0.717, 1.165) is 0 Å². The molecule has 0 spiro atoms. The molecule has 4 unspecified atom stereocenters. The van der Waals surface area contributed by atoms with Gasteiger partial charge in [-0.2, -0.15) is 0 Å². The molecule has 0 aromatic carbocycles. The zero-order valence-corrected chi connectivity index (χ0v) is 10.7. The maximum atomic E-state index is 13.6. The first-order valence-electron chi connectivity index (χ1n) is 5.80. The second-order valence-corrected chi connectivity index (χ2v) is 4.16. The van der Waals surface area contributed by atoms with Crippen LogP contribution in [0.1, 0.15) is 27.2 Å². The van der Waals surface area contributed by atoms with E-state index in [1.165, 1.54) is 13.8 Å². The van der Waals surface area contributed by atoms with Gasteiger partial charge in [0, 0.05) is 12.3 Å². The fourth-order valence-corrected chi connectivity index (χ4v) is 1.39. The van der Waals surface area contributed by atoms with Crippen LogP contribution in [-0.4, -0.2) is 18.5 Å². The number of alkyl halides is 3. The standard InChI is InChI=1S/C14H21F3/c1-5-7-8-12(6-2)9-13(16)14(17)10(3)11(4)15/h5-8,10-11,13-14H,1,9H2,2-4H3/b8-7-,12-6+. The van der Waals surface area contributed by atoms with Gasteiger partial charge in [-0.1, -0.05) is 37.8 Å². The SMILES string of the molecule is C=C/C=C\C(=C/C)CC(F)C(F)C(C)C(C)F. The fourth-order valence-electron chi connectivity index (χ4n) is 1.39. The van der Waals surface area contributed by atoms with Crippen molar-refractivity contribution in [2.24, 2.45) is 5.92 Å². The predicted molar refractivity (Wildman–Crippen MR) is 67.2 cm³/mol. The summed E-state index contributed by atoms with van der Waals surface area (Å²) in [6.07, 6.45) is 1.77. The lowest BCUT2D eigenvalue weighted by atomic mass is 9.94. The van der Waals surface area contributed by atoms with Crippen LogP contribution in [0, 0.1) is 5.92 Å². The van der Waals surface area contributed by atoms with Crippen molar-refractivity contribution < 1.29 is 13.2 Å². The van der Waals surface area contributed by atoms with E-state index in [1.807, 2.05) is 0 Å². The summed E-state index contributed by atoms with van der Waals surface area (Å²) in [5, 5.41) is 0. The minimum Gasteiger partial charge on any atom is -0.247 e. The summed E-state index contributed by atoms with van der Waals surface area (Å²) in [6, 6.07) is 0. The first kappa shape index (κ1) is 16.0. The largest absolute Gasteiger partial charge is 0.247 e. The summed E-state index contributed by atoms with van der Waals surface area (Å²) in [6.45, 7) is 7.89. The molecule has 0 aliphatic rings. The molecule has 3 heteroatoms. The topological polar surface area (TPSA) is 0 Å². The Hall–Kier alpha value is -0.990. The fraction of sp³-hybridized carbons (Fsp3) is 0.571. The molecule has 0 aromatic heterocycles. The van der Waals surface area contributed by atoms with Crippen molar-refractivity contribution >= 4 is 0 Å². The van der Waals surface area contributed by atoms with Gasteiger partial charge in [0.05, 0.1) is 0 Å². The van der Waals surface area contributed by atoms with Gasteiger partial charge in [0.2, 0.25) is 0 Å². The number of halogens is 3. The highest BCUT2D eigenvalue weighted by atomic mass is 19.2. The molecule has 17 heavy (non-hydrogen) atoms. The zero-order valence-electron chi connectivity index (χ0n) is 10.7. The number of allylic oxidation sites excluding steroid dienone is 5. The Morgan fingerprint density at radius 1 is 1.24 bits per heavy atom. The summed E-state index contributed by atoms with van der Waals surface area (Å²) in [5.74, 6) is -0.925. The molecule has 0 fully saturated rings. The Labute approximate surface area is 102 Å². The molecule has 0 aromatic rings. The van der Waals surface area contributed by atoms with Gasteiger partial charge in [0.15, 0.2) is 0 Å². The molecule has 0 nitrogen and oxygen atoms in total. The minimum absolute atomic E-state index is 0.0426. The normalized spacial score (nSPS) is 20.0. The third-order valence-corrected chi connectivity index (χ3v) is 2.82. The van der Waals surface area contributed by atoms with E-state index in [-0.39, 0.29) is 6.42 Å². The average molecular weight is 246 g/mol. The van der Waals surface area contributed by atoms with E-state index in [4.69, 9.17) is 0 Å². The number of rotatable bonds is 7. The number of hydrogen-bond donors (Lipinski definition) is 0. The Morgan fingerprint density at radius 2 is 1.82 bits per heavy atom. The third-order valence-electron chi connectivity index (χ3n) is 2.82. The summed E-state index contributed by atoms with van der Waals surface area (Å²) >= 11 is 0. The smallest absolute Gasteiger partial charge is 0.137 e. The molecule has 0 aliphatic carbocycles. The van der Waals surface area contributed by atoms with E-state index in [1.54, 1.807) is 31.2 Å². The second-order valence-electron chi connectivity index (χ2n) is 4.16. The van der Waals surface area contributed by atoms with E-state index >= 15 is 0 Å². The molecule has 0 heterocycles. The average Bonchev–Trinajstić information content (AvgIpc) is 2.31. The van der Waals surface area contributed by atoms with Crippen LogP contribution in [0.25, 0.3) is 0 Å². The molecule has 0 saturated carbocycles. The van der Waals surface area contributed by atoms with Crippen LogP contribution in [-0.2, 0) is 0 Å². The molecular formula is C14H21F3. The van der Waals surface area contributed by atoms with Crippen molar-refractivity contribution in [3.05, 3.63) is 36.5 Å². The molecule has 4 atom stereocenters. The zero-order chi connectivity index (χ0) is 13.4.